The molecule has 0 spiro atoms. The van der Waals surface area contributed by atoms with Gasteiger partial charge in [-0.25, -0.2) is 0 Å². The molecule has 0 N–H and O–H groups in total. The van der Waals surface area contributed by atoms with Gasteiger partial charge in [0, 0.05) is 128 Å². The van der Waals surface area contributed by atoms with Gasteiger partial charge in [0.15, 0.2) is 0 Å². The molecular weight excluding hydrogens is 901 g/mol. The van der Waals surface area contributed by atoms with Gasteiger partial charge in [-0.2, -0.15) is 0 Å². The summed E-state index contributed by atoms with van der Waals surface area (Å²) in [6, 6.07) is 42.4. The Balaban J connectivity index is 1.08. The number of ether oxygens (including phenoxy) is 8. The summed E-state index contributed by atoms with van der Waals surface area (Å²) in [5.41, 5.74) is 14.6. The summed E-state index contributed by atoms with van der Waals surface area (Å²) in [6.45, 7) is 8.97. The lowest BCUT2D eigenvalue weighted by molar-refractivity contribution is -0.00661. The van der Waals surface area contributed by atoms with Crippen molar-refractivity contribution in [1.29, 1.82) is 0 Å². The van der Waals surface area contributed by atoms with Gasteiger partial charge < -0.3 is 37.9 Å². The zero-order valence-electron chi connectivity index (χ0n) is 40.7. The second-order valence-electron chi connectivity index (χ2n) is 19.2. The first-order valence-electron chi connectivity index (χ1n) is 25.4. The van der Waals surface area contributed by atoms with Crippen LogP contribution in [0.5, 0.6) is 46.0 Å². The molecule has 10 heteroatoms. The normalized spacial score (nSPS) is 20.7. The molecular formula is C62H54N2O8. The summed E-state index contributed by atoms with van der Waals surface area (Å²) < 4.78 is 55.3. The number of pyridine rings is 2. The van der Waals surface area contributed by atoms with Gasteiger partial charge >= 0.3 is 0 Å². The predicted molar refractivity (Wildman–Crippen MR) is 274 cm³/mol. The molecule has 0 saturated heterocycles. The molecule has 8 aromatic rings. The van der Waals surface area contributed by atoms with Gasteiger partial charge in [-0.3, -0.25) is 9.97 Å². The van der Waals surface area contributed by atoms with E-state index in [2.05, 4.69) is 129 Å². The van der Waals surface area contributed by atoms with Crippen molar-refractivity contribution in [3.05, 3.63) is 202 Å². The highest BCUT2D eigenvalue weighted by molar-refractivity contribution is 5.67. The standard InChI is InChI=1S/C62H54N2O8/c1-5-41-45-25-46-42(6-2)48-27-50-44(8-4)52-28-51-43(7-3)49-26-47(41)55-30-57(49)69-61(39-13-9-35(10-14-39)37-17-21-63-22-18-37)71-59(51)32-60(52)72-62(40-15-11-36(12-16-40)38-19-23-64-24-20-38)70-58(50)31-56(48)68-34-66-54(46)29-53(45)65-33-67-55/h9-32,41-44,61-62H,5-8,33-34H2,1-4H3/t41-,42+,43-,44+,61-,62+. The first-order chi connectivity index (χ1) is 35.5. The van der Waals surface area contributed by atoms with Crippen molar-refractivity contribution in [2.75, 3.05) is 13.6 Å². The van der Waals surface area contributed by atoms with E-state index >= 15 is 0 Å². The highest BCUT2D eigenvalue weighted by Gasteiger charge is 2.38. The molecule has 5 aliphatic rings. The monoisotopic (exact) mass is 954 g/mol. The zero-order chi connectivity index (χ0) is 48.5. The van der Waals surface area contributed by atoms with Crippen molar-refractivity contribution in [2.24, 2.45) is 0 Å². The maximum absolute atomic E-state index is 7.27. The maximum Gasteiger partial charge on any atom is 0.267 e. The molecule has 1 aliphatic carbocycles. The Morgan fingerprint density at radius 1 is 0.319 bits per heavy atom. The average Bonchev–Trinajstić information content (AvgIpc) is 3.40. The van der Waals surface area contributed by atoms with E-state index in [9.17, 15) is 0 Å². The van der Waals surface area contributed by atoms with Crippen molar-refractivity contribution < 1.29 is 37.9 Å². The van der Waals surface area contributed by atoms with Gasteiger partial charge in [0.2, 0.25) is 13.6 Å². The smallest absolute Gasteiger partial charge is 0.267 e. The van der Waals surface area contributed by atoms with Crippen LogP contribution in [0.2, 0.25) is 0 Å². The lowest BCUT2D eigenvalue weighted by atomic mass is 9.77. The van der Waals surface area contributed by atoms with E-state index < -0.39 is 12.6 Å². The fraction of sp³-hybridized carbons (Fsp3) is 0.258. The number of nitrogens with zero attached hydrogens (tertiary/aromatic N) is 2. The maximum atomic E-state index is 7.27. The molecule has 6 atom stereocenters. The number of aromatic nitrogens is 2. The Kier molecular flexibility index (Phi) is 11.0. The summed E-state index contributed by atoms with van der Waals surface area (Å²) in [4.78, 5) is 8.47. The molecule has 2 aromatic heterocycles. The van der Waals surface area contributed by atoms with E-state index in [0.29, 0.717) is 23.0 Å². The molecule has 72 heavy (non-hydrogen) atoms. The van der Waals surface area contributed by atoms with Crippen molar-refractivity contribution in [3.8, 4) is 68.2 Å². The molecule has 10 nitrogen and oxygen atoms in total. The van der Waals surface area contributed by atoms with Crippen molar-refractivity contribution >= 4 is 0 Å². The molecule has 6 aromatic carbocycles. The van der Waals surface area contributed by atoms with Gasteiger partial charge in [0.05, 0.1) is 0 Å². The van der Waals surface area contributed by atoms with Crippen LogP contribution >= 0.6 is 0 Å². The fourth-order valence-corrected chi connectivity index (χ4v) is 11.7. The van der Waals surface area contributed by atoms with Crippen LogP contribution in [0.3, 0.4) is 0 Å². The van der Waals surface area contributed by atoms with E-state index in [1.54, 1.807) is 0 Å². The molecule has 0 saturated carbocycles. The molecule has 0 amide bonds. The summed E-state index contributed by atoms with van der Waals surface area (Å²) in [5, 5.41) is 0. The number of hydrogen-bond acceptors (Lipinski definition) is 10. The number of benzene rings is 6. The second kappa shape index (κ2) is 18.0. The van der Waals surface area contributed by atoms with E-state index in [-0.39, 0.29) is 37.3 Å². The Morgan fingerprint density at radius 2 is 0.569 bits per heavy atom. The van der Waals surface area contributed by atoms with Crippen LogP contribution in [0.1, 0.15) is 145 Å². The molecule has 6 heterocycles. The average molecular weight is 955 g/mol. The van der Waals surface area contributed by atoms with Crippen LogP contribution in [0.4, 0.5) is 0 Å². The first-order valence-corrected chi connectivity index (χ1v) is 25.4. The molecule has 8 bridgehead atoms. The first kappa shape index (κ1) is 44.0. The van der Waals surface area contributed by atoms with Gasteiger partial charge in [0.25, 0.3) is 12.6 Å². The highest BCUT2D eigenvalue weighted by atomic mass is 16.7. The van der Waals surface area contributed by atoms with E-state index in [1.807, 2.05) is 55.1 Å². The largest absolute Gasteiger partial charge is 0.457 e. The van der Waals surface area contributed by atoms with Gasteiger partial charge in [-0.05, 0) is 96.5 Å². The van der Waals surface area contributed by atoms with Crippen molar-refractivity contribution in [1.82, 2.24) is 9.97 Å². The molecule has 0 fully saturated rings. The van der Waals surface area contributed by atoms with E-state index in [0.717, 1.165) is 127 Å². The molecule has 0 radical (unpaired) electrons. The second-order valence-corrected chi connectivity index (χ2v) is 19.2. The molecule has 13 rings (SSSR count). The van der Waals surface area contributed by atoms with Gasteiger partial charge in [0.1, 0.15) is 46.0 Å². The SMILES string of the molecule is CC[C@@H]1c2cc3c4cc2OCOc2cc5c(cc21)[C@@H](CC)c1cc2c(cc1O[C@H](c1ccc(-c6ccncc6)cc1)O5)O[C@@H](c1ccc(-c5ccncc5)cc1)Oc1cc(c(cc1[C@@H]2CC)[C@H]3CC)OCO4. The molecule has 360 valence electrons. The summed E-state index contributed by atoms with van der Waals surface area (Å²) >= 11 is 0. The van der Waals surface area contributed by atoms with E-state index in [1.165, 1.54) is 0 Å². The van der Waals surface area contributed by atoms with Crippen molar-refractivity contribution in [2.45, 2.75) is 89.6 Å². The third-order valence-electron chi connectivity index (χ3n) is 15.4. The Morgan fingerprint density at radius 3 is 0.861 bits per heavy atom. The third kappa shape index (κ3) is 7.45. The minimum atomic E-state index is -0.844. The fourth-order valence-electron chi connectivity index (χ4n) is 11.7. The highest BCUT2D eigenvalue weighted by Crippen LogP contribution is 2.56. The quantitative estimate of drug-likeness (QED) is 0.146. The lowest BCUT2D eigenvalue weighted by Gasteiger charge is -2.36. The van der Waals surface area contributed by atoms with Crippen LogP contribution in [-0.2, 0) is 0 Å². The third-order valence-corrected chi connectivity index (χ3v) is 15.4. The van der Waals surface area contributed by atoms with Gasteiger partial charge in [-0.15, -0.1) is 0 Å². The number of hydrogen-bond donors (Lipinski definition) is 0. The summed E-state index contributed by atoms with van der Waals surface area (Å²) in [7, 11) is 0. The topological polar surface area (TPSA) is 99.6 Å². The van der Waals surface area contributed by atoms with Crippen LogP contribution < -0.4 is 37.9 Å². The van der Waals surface area contributed by atoms with Crippen molar-refractivity contribution in [3.63, 3.8) is 0 Å². The summed E-state index contributed by atoms with van der Waals surface area (Å²) in [6.07, 6.45) is 8.69. The van der Waals surface area contributed by atoms with Crippen LogP contribution in [0, 0.1) is 0 Å². The predicted octanol–water partition coefficient (Wildman–Crippen LogP) is 14.7. The summed E-state index contributed by atoms with van der Waals surface area (Å²) in [5.74, 6) is 5.27. The Hall–Kier alpha value is -7.98. The zero-order valence-corrected chi connectivity index (χ0v) is 40.7. The lowest BCUT2D eigenvalue weighted by Crippen LogP contribution is -2.24. The molecule has 4 aliphatic heterocycles. The number of rotatable bonds is 8. The van der Waals surface area contributed by atoms with Gasteiger partial charge in [-0.1, -0.05) is 76.2 Å². The van der Waals surface area contributed by atoms with Crippen LogP contribution in [0.15, 0.2) is 146 Å². The Labute approximate surface area is 419 Å². The minimum absolute atomic E-state index is 0.00748. The minimum Gasteiger partial charge on any atom is -0.457 e. The van der Waals surface area contributed by atoms with Crippen LogP contribution in [0.25, 0.3) is 22.3 Å². The van der Waals surface area contributed by atoms with E-state index in [4.69, 9.17) is 37.9 Å². The Bertz CT molecular complexity index is 3130. The van der Waals surface area contributed by atoms with Crippen LogP contribution in [-0.4, -0.2) is 23.6 Å². The molecule has 0 unspecified atom stereocenters.